The van der Waals surface area contributed by atoms with Gasteiger partial charge in [0.1, 0.15) is 5.75 Å². The van der Waals surface area contributed by atoms with Crippen LogP contribution in [0.5, 0.6) is 11.5 Å². The Hall–Kier alpha value is -3.86. The summed E-state index contributed by atoms with van der Waals surface area (Å²) in [5.74, 6) is -49.5. The van der Waals surface area contributed by atoms with E-state index < -0.39 is 84.7 Å². The van der Waals surface area contributed by atoms with Crippen LogP contribution < -0.4 is 9.47 Å². The minimum Gasteiger partial charge on any atom is -0.490 e. The van der Waals surface area contributed by atoms with Crippen molar-refractivity contribution in [1.29, 1.82) is 0 Å². The van der Waals surface area contributed by atoms with Gasteiger partial charge in [0.15, 0.2) is 18.2 Å². The Morgan fingerprint density at radius 2 is 0.917 bits per heavy atom. The topological polar surface area (TPSA) is 62.7 Å². The molecule has 0 fully saturated rings. The van der Waals surface area contributed by atoms with Crippen LogP contribution in [-0.4, -0.2) is 95.5 Å². The van der Waals surface area contributed by atoms with Gasteiger partial charge in [-0.15, -0.1) is 0 Å². The first-order valence-electron chi connectivity index (χ1n) is 15.9. The summed E-state index contributed by atoms with van der Waals surface area (Å²) in [5, 5.41) is 0. The zero-order chi connectivity index (χ0) is 46.8. The lowest BCUT2D eigenvalue weighted by Gasteiger charge is -2.40. The van der Waals surface area contributed by atoms with Crippen molar-refractivity contribution in [1.82, 2.24) is 9.97 Å². The smallest absolute Gasteiger partial charge is 0.460 e. The molecule has 6 nitrogen and oxygen atoms in total. The Morgan fingerprint density at radius 3 is 1.33 bits per heavy atom. The number of halogens is 24. The summed E-state index contributed by atoms with van der Waals surface area (Å²) in [7, 11) is 0. The molecule has 0 unspecified atom stereocenters. The van der Waals surface area contributed by atoms with Gasteiger partial charge >= 0.3 is 66.1 Å². The van der Waals surface area contributed by atoms with Gasteiger partial charge in [0.25, 0.3) is 0 Å². The molecule has 30 heteroatoms. The Kier molecular flexibility index (Phi) is 15.2. The lowest BCUT2D eigenvalue weighted by molar-refractivity contribution is -0.543. The van der Waals surface area contributed by atoms with E-state index in [-0.39, 0.29) is 23.7 Å². The van der Waals surface area contributed by atoms with Crippen LogP contribution in [0.15, 0.2) is 36.7 Å². The van der Waals surface area contributed by atoms with E-state index in [9.17, 15) is 105 Å². The van der Waals surface area contributed by atoms with E-state index in [0.717, 1.165) is 29.3 Å². The summed E-state index contributed by atoms with van der Waals surface area (Å²) in [6.07, 6.45) is -37.3. The van der Waals surface area contributed by atoms with E-state index in [4.69, 9.17) is 4.74 Å². The lowest BCUT2D eigenvalue weighted by Crippen LogP contribution is -2.69. The molecular formula is C30H24F24N2O4. The summed E-state index contributed by atoms with van der Waals surface area (Å²) in [5.41, 5.74) is 0.0234. The molecule has 0 saturated carbocycles. The molecule has 1 atom stereocenters. The van der Waals surface area contributed by atoms with Crippen molar-refractivity contribution in [3.63, 3.8) is 0 Å². The van der Waals surface area contributed by atoms with Crippen molar-refractivity contribution in [2.45, 2.75) is 111 Å². The first kappa shape index (κ1) is 52.3. The highest BCUT2D eigenvalue weighted by Gasteiger charge is 2.90. The molecule has 0 amide bonds. The first-order chi connectivity index (χ1) is 26.8. The van der Waals surface area contributed by atoms with Crippen molar-refractivity contribution in [3.8, 4) is 22.9 Å². The normalized spacial score (nSPS) is 15.3. The van der Waals surface area contributed by atoms with Crippen molar-refractivity contribution < 1.29 is 124 Å². The summed E-state index contributed by atoms with van der Waals surface area (Å²) in [4.78, 5) is 7.82. The molecule has 2 aromatic rings. The molecule has 0 radical (unpaired) electrons. The zero-order valence-electron chi connectivity index (χ0n) is 29.1. The fourth-order valence-electron chi connectivity index (χ4n) is 4.06. The van der Waals surface area contributed by atoms with Gasteiger partial charge in [0.05, 0.1) is 25.2 Å². The highest BCUT2D eigenvalue weighted by molar-refractivity contribution is 5.56. The van der Waals surface area contributed by atoms with Gasteiger partial charge in [-0.25, -0.2) is 23.8 Å². The van der Waals surface area contributed by atoms with Crippen molar-refractivity contribution in [3.05, 3.63) is 36.7 Å². The van der Waals surface area contributed by atoms with Gasteiger partial charge < -0.3 is 9.47 Å². The molecule has 0 N–H and O–H groups in total. The second kappa shape index (κ2) is 17.5. The van der Waals surface area contributed by atoms with E-state index in [1.165, 1.54) is 4.74 Å². The molecule has 346 valence electrons. The van der Waals surface area contributed by atoms with Crippen LogP contribution in [0.1, 0.15) is 39.0 Å². The van der Waals surface area contributed by atoms with Gasteiger partial charge in [0.2, 0.25) is 0 Å². The van der Waals surface area contributed by atoms with Gasteiger partial charge in [0, 0.05) is 5.56 Å². The molecule has 0 spiro atoms. The van der Waals surface area contributed by atoms with Crippen molar-refractivity contribution >= 4 is 0 Å². The van der Waals surface area contributed by atoms with E-state index in [2.05, 4.69) is 14.7 Å². The summed E-state index contributed by atoms with van der Waals surface area (Å²) >= 11 is 0. The second-order valence-corrected chi connectivity index (χ2v) is 12.1. The van der Waals surface area contributed by atoms with Gasteiger partial charge in [-0.3, -0.25) is 0 Å². The van der Waals surface area contributed by atoms with Crippen LogP contribution in [0.25, 0.3) is 11.4 Å². The molecule has 0 aliphatic carbocycles. The maximum absolute atomic E-state index is 14.2. The zero-order valence-corrected chi connectivity index (χ0v) is 29.1. The first-order valence-corrected chi connectivity index (χ1v) is 15.9. The predicted molar refractivity (Wildman–Crippen MR) is 150 cm³/mol. The van der Waals surface area contributed by atoms with Crippen LogP contribution in [0.2, 0.25) is 0 Å². The summed E-state index contributed by atoms with van der Waals surface area (Å²) in [6.45, 7) is -1.17. The van der Waals surface area contributed by atoms with Gasteiger partial charge in [-0.2, -0.15) is 101 Å². The van der Waals surface area contributed by atoms with Crippen LogP contribution in [0, 0.1) is 0 Å². The molecule has 1 aromatic heterocycles. The minimum absolute atomic E-state index is 0.0234. The molecule has 1 aromatic carbocycles. The number of aromatic nitrogens is 2. The average molecular weight is 932 g/mol. The van der Waals surface area contributed by atoms with E-state index in [1.807, 2.05) is 0 Å². The van der Waals surface area contributed by atoms with Crippen molar-refractivity contribution in [2.24, 2.45) is 0 Å². The largest absolute Gasteiger partial charge is 0.490 e. The van der Waals surface area contributed by atoms with Crippen LogP contribution in [0.4, 0.5) is 105 Å². The predicted octanol–water partition coefficient (Wildman–Crippen LogP) is 12.0. The van der Waals surface area contributed by atoms with Crippen LogP contribution >= 0.6 is 0 Å². The van der Waals surface area contributed by atoms with E-state index >= 15 is 0 Å². The van der Waals surface area contributed by atoms with Crippen LogP contribution in [0.3, 0.4) is 0 Å². The Labute approximate surface area is 319 Å². The van der Waals surface area contributed by atoms with Gasteiger partial charge in [-0.05, 0) is 49.9 Å². The highest BCUT2D eigenvalue weighted by Crippen LogP contribution is 2.60. The third-order valence-electron chi connectivity index (χ3n) is 7.61. The summed E-state index contributed by atoms with van der Waals surface area (Å²) < 4.78 is 335. The average Bonchev–Trinajstić information content (AvgIpc) is 3.10. The maximum Gasteiger partial charge on any atom is 0.460 e. The highest BCUT2D eigenvalue weighted by atomic mass is 19.4. The lowest BCUT2D eigenvalue weighted by atomic mass is 10.1. The minimum atomic E-state index is -8.84. The van der Waals surface area contributed by atoms with Gasteiger partial charge in [-0.1, -0.05) is 13.3 Å². The number of benzene rings is 1. The monoisotopic (exact) mass is 932 g/mol. The number of hydrogen-bond acceptors (Lipinski definition) is 6. The van der Waals surface area contributed by atoms with Crippen LogP contribution in [-0.2, 0) is 9.47 Å². The number of rotatable bonds is 23. The third-order valence-corrected chi connectivity index (χ3v) is 7.61. The summed E-state index contributed by atoms with van der Waals surface area (Å²) in [6, 6.07) is 3.15. The Morgan fingerprint density at radius 1 is 0.500 bits per heavy atom. The maximum atomic E-state index is 14.2. The quantitative estimate of drug-likeness (QED) is 0.0817. The number of unbranched alkanes of at least 4 members (excludes halogenated alkanes) is 2. The molecule has 0 aliphatic rings. The molecule has 0 aliphatic heterocycles. The van der Waals surface area contributed by atoms with Crippen molar-refractivity contribution in [2.75, 3.05) is 13.2 Å². The molecular weight excluding hydrogens is 908 g/mol. The molecule has 0 bridgehead atoms. The Bertz CT molecular complexity index is 1690. The number of nitrogens with zero attached hydrogens (tertiary/aromatic N) is 2. The Balaban J connectivity index is 2.18. The standard InChI is InChI=1S/C30H24F24N2O4/c1-2-16(31)6-4-3-5-11-57-18-12-55-19(56-13-18)15-7-9-17(10-8-15)58-14-20(32,33)21(34,35)27(47,48)59-29(51,52)24(40,41)25(42,43)30(53,54)60-28(49,50)23(38,39)22(36,37)26(44,45)46/h7-10,12-13,16H,2-6,11,14H2,1H3/t16-/m1/s1. The van der Waals surface area contributed by atoms with E-state index in [0.29, 0.717) is 44.2 Å². The fraction of sp³-hybridized carbons (Fsp3) is 0.667. The number of alkyl halides is 24. The third kappa shape index (κ3) is 10.4. The van der Waals surface area contributed by atoms with E-state index in [1.54, 1.807) is 6.92 Å². The molecule has 1 heterocycles. The molecule has 60 heavy (non-hydrogen) atoms. The number of hydrogen-bond donors (Lipinski definition) is 0. The second-order valence-electron chi connectivity index (χ2n) is 12.1. The molecule has 0 saturated heterocycles. The molecule has 2 rings (SSSR count). The SMILES string of the molecule is CC[C@@H](F)CCCCCOc1cnc(-c2ccc(OCC(F)(F)C(F)(F)C(F)(F)OC(F)(F)C(F)(F)C(F)(F)C(F)(F)OC(F)(F)C(F)(F)C(F)(F)C(F)(F)F)cc2)nc1. The fourth-order valence-corrected chi connectivity index (χ4v) is 4.06. The number of ether oxygens (including phenoxy) is 4.